The summed E-state index contributed by atoms with van der Waals surface area (Å²) in [5.74, 6) is 0.372. The van der Waals surface area contributed by atoms with Gasteiger partial charge < -0.3 is 5.11 Å². The van der Waals surface area contributed by atoms with Gasteiger partial charge in [-0.3, -0.25) is 0 Å². The van der Waals surface area contributed by atoms with Crippen molar-refractivity contribution in [1.82, 2.24) is 0 Å². The van der Waals surface area contributed by atoms with Crippen LogP contribution in [0, 0.1) is 0 Å². The van der Waals surface area contributed by atoms with Gasteiger partial charge in [-0.25, -0.2) is 0 Å². The van der Waals surface area contributed by atoms with Gasteiger partial charge in [-0.05, 0) is 29.3 Å². The van der Waals surface area contributed by atoms with Crippen molar-refractivity contribution in [2.45, 2.75) is 0 Å². The minimum absolute atomic E-state index is 0.372. The van der Waals surface area contributed by atoms with Crippen LogP contribution in [0.25, 0.3) is 40.7 Å². The van der Waals surface area contributed by atoms with Gasteiger partial charge in [0.1, 0.15) is 5.75 Å². The largest absolute Gasteiger partial charge is 0.506 e. The summed E-state index contributed by atoms with van der Waals surface area (Å²) in [5, 5.41) is 12.8. The minimum atomic E-state index is 0.372. The van der Waals surface area contributed by atoms with Crippen LogP contribution in [0.1, 0.15) is 0 Å². The van der Waals surface area contributed by atoms with Crippen LogP contribution in [0.2, 0.25) is 0 Å². The summed E-state index contributed by atoms with van der Waals surface area (Å²) in [7, 11) is 0. The fourth-order valence-electron chi connectivity index (χ4n) is 3.15. The molecule has 0 radical (unpaired) electrons. The number of benzene rings is 3. The van der Waals surface area contributed by atoms with Crippen molar-refractivity contribution >= 4 is 52.2 Å². The molecule has 0 spiro atoms. The van der Waals surface area contributed by atoms with Crippen LogP contribution < -0.4 is 0 Å². The van der Waals surface area contributed by atoms with E-state index in [9.17, 15) is 5.11 Å². The van der Waals surface area contributed by atoms with Gasteiger partial charge in [0.05, 0.1) is 14.1 Å². The van der Waals surface area contributed by atoms with Crippen molar-refractivity contribution in [3.05, 3.63) is 66.7 Å². The molecular formula is C20H12OS2. The van der Waals surface area contributed by atoms with Crippen molar-refractivity contribution in [1.29, 1.82) is 0 Å². The van der Waals surface area contributed by atoms with E-state index in [1.54, 1.807) is 11.3 Å². The van der Waals surface area contributed by atoms with Gasteiger partial charge in [0.15, 0.2) is 0 Å². The molecule has 0 fully saturated rings. The Labute approximate surface area is 141 Å². The third kappa shape index (κ3) is 1.84. The second kappa shape index (κ2) is 4.82. The standard InChI is InChI=1S/C20H12OS2/c21-15-11-10-13(12-6-2-1-3-7-12)17-19(15)23-18-14-8-4-5-9-16(14)22-20(17)18/h1-11,21H. The highest BCUT2D eigenvalue weighted by molar-refractivity contribution is 7.36. The normalized spacial score (nSPS) is 11.7. The number of rotatable bonds is 1. The van der Waals surface area contributed by atoms with Crippen LogP contribution in [0.4, 0.5) is 0 Å². The highest BCUT2D eigenvalue weighted by atomic mass is 32.1. The molecule has 1 nitrogen and oxygen atoms in total. The Morgan fingerprint density at radius 3 is 2.30 bits per heavy atom. The predicted octanol–water partition coefficient (Wildman–Crippen LogP) is 6.64. The van der Waals surface area contributed by atoms with E-state index in [0.717, 1.165) is 4.70 Å². The molecule has 0 unspecified atom stereocenters. The van der Waals surface area contributed by atoms with Crippen LogP contribution >= 0.6 is 22.7 Å². The average molecular weight is 332 g/mol. The fraction of sp³-hybridized carbons (Fsp3) is 0. The monoisotopic (exact) mass is 332 g/mol. The van der Waals surface area contributed by atoms with Crippen LogP contribution in [0.5, 0.6) is 5.75 Å². The molecular weight excluding hydrogens is 320 g/mol. The zero-order valence-electron chi connectivity index (χ0n) is 12.1. The lowest BCUT2D eigenvalue weighted by atomic mass is 10.0. The number of hydrogen-bond donors (Lipinski definition) is 1. The molecule has 5 rings (SSSR count). The van der Waals surface area contributed by atoms with Gasteiger partial charge in [0.25, 0.3) is 0 Å². The third-order valence-electron chi connectivity index (χ3n) is 4.20. The Bertz CT molecular complexity index is 1170. The maximum absolute atomic E-state index is 10.3. The molecule has 23 heavy (non-hydrogen) atoms. The lowest BCUT2D eigenvalue weighted by Gasteiger charge is -2.05. The molecule has 2 heterocycles. The molecule has 1 N–H and O–H groups in total. The summed E-state index contributed by atoms with van der Waals surface area (Å²) in [6.07, 6.45) is 0. The Morgan fingerprint density at radius 1 is 0.652 bits per heavy atom. The van der Waals surface area contributed by atoms with Gasteiger partial charge in [-0.1, -0.05) is 48.5 Å². The van der Waals surface area contributed by atoms with Gasteiger partial charge in [-0.2, -0.15) is 0 Å². The third-order valence-corrected chi connectivity index (χ3v) is 6.77. The Kier molecular flexibility index (Phi) is 2.75. The second-order valence-electron chi connectivity index (χ2n) is 5.56. The summed E-state index contributed by atoms with van der Waals surface area (Å²) in [5.41, 5.74) is 2.38. The number of phenolic OH excluding ortho intramolecular Hbond substituents is 1. The molecule has 0 atom stereocenters. The van der Waals surface area contributed by atoms with Gasteiger partial charge in [0.2, 0.25) is 0 Å². The first-order chi connectivity index (χ1) is 11.3. The van der Waals surface area contributed by atoms with E-state index in [-0.39, 0.29) is 0 Å². The van der Waals surface area contributed by atoms with E-state index in [0.29, 0.717) is 5.75 Å². The zero-order valence-corrected chi connectivity index (χ0v) is 13.7. The summed E-state index contributed by atoms with van der Waals surface area (Å²) >= 11 is 3.51. The maximum atomic E-state index is 10.3. The fourth-order valence-corrected chi connectivity index (χ4v) is 5.86. The van der Waals surface area contributed by atoms with Crippen LogP contribution in [-0.4, -0.2) is 5.11 Å². The van der Waals surface area contributed by atoms with E-state index in [4.69, 9.17) is 0 Å². The van der Waals surface area contributed by atoms with Crippen molar-refractivity contribution in [3.63, 3.8) is 0 Å². The van der Waals surface area contributed by atoms with Crippen molar-refractivity contribution < 1.29 is 5.11 Å². The molecule has 2 aromatic heterocycles. The topological polar surface area (TPSA) is 20.2 Å². The Balaban J connectivity index is 2.00. The summed E-state index contributed by atoms with van der Waals surface area (Å²) in [4.78, 5) is 0. The molecule has 3 aromatic carbocycles. The molecule has 3 heteroatoms. The summed E-state index contributed by atoms with van der Waals surface area (Å²) in [6, 6.07) is 22.7. The Morgan fingerprint density at radius 2 is 1.43 bits per heavy atom. The number of phenols is 1. The van der Waals surface area contributed by atoms with E-state index in [1.807, 2.05) is 29.5 Å². The molecule has 0 aliphatic heterocycles. The van der Waals surface area contributed by atoms with Crippen molar-refractivity contribution in [2.24, 2.45) is 0 Å². The molecule has 0 amide bonds. The first kappa shape index (κ1) is 13.1. The molecule has 0 aliphatic rings. The lowest BCUT2D eigenvalue weighted by molar-refractivity contribution is 0.482. The van der Waals surface area contributed by atoms with Crippen molar-refractivity contribution in [2.75, 3.05) is 0 Å². The highest BCUT2D eigenvalue weighted by Gasteiger charge is 2.17. The maximum Gasteiger partial charge on any atom is 0.133 e. The highest BCUT2D eigenvalue weighted by Crippen LogP contribution is 2.49. The number of hydrogen-bond acceptors (Lipinski definition) is 3. The van der Waals surface area contributed by atoms with E-state index >= 15 is 0 Å². The number of aromatic hydroxyl groups is 1. The van der Waals surface area contributed by atoms with E-state index in [2.05, 4.69) is 48.5 Å². The van der Waals surface area contributed by atoms with E-state index < -0.39 is 0 Å². The molecule has 0 saturated carbocycles. The van der Waals surface area contributed by atoms with Crippen LogP contribution in [-0.2, 0) is 0 Å². The molecule has 110 valence electrons. The van der Waals surface area contributed by atoms with Gasteiger partial charge >= 0.3 is 0 Å². The lowest BCUT2D eigenvalue weighted by Crippen LogP contribution is -1.78. The minimum Gasteiger partial charge on any atom is -0.506 e. The number of fused-ring (bicyclic) bond motifs is 5. The van der Waals surface area contributed by atoms with Crippen LogP contribution in [0.3, 0.4) is 0 Å². The molecule has 5 aromatic rings. The van der Waals surface area contributed by atoms with Gasteiger partial charge in [0, 0.05) is 15.5 Å². The summed E-state index contributed by atoms with van der Waals surface area (Å²) < 4.78 is 4.84. The van der Waals surface area contributed by atoms with E-state index in [1.165, 1.54) is 36.0 Å². The first-order valence-electron chi connectivity index (χ1n) is 7.44. The van der Waals surface area contributed by atoms with Crippen molar-refractivity contribution in [3.8, 4) is 16.9 Å². The second-order valence-corrected chi connectivity index (χ2v) is 7.63. The average Bonchev–Trinajstić information content (AvgIpc) is 3.13. The SMILES string of the molecule is Oc1ccc(-c2ccccc2)c2c1sc1c3ccccc3sc12. The van der Waals surface area contributed by atoms with Crippen LogP contribution in [0.15, 0.2) is 66.7 Å². The van der Waals surface area contributed by atoms with Gasteiger partial charge in [-0.15, -0.1) is 22.7 Å². The molecule has 0 aliphatic carbocycles. The molecule has 0 saturated heterocycles. The number of thiophene rings is 2. The first-order valence-corrected chi connectivity index (χ1v) is 9.07. The predicted molar refractivity (Wildman–Crippen MR) is 102 cm³/mol. The smallest absolute Gasteiger partial charge is 0.133 e. The Hall–Kier alpha value is -2.36. The quantitative estimate of drug-likeness (QED) is 0.365. The molecule has 0 bridgehead atoms. The summed E-state index contributed by atoms with van der Waals surface area (Å²) in [6.45, 7) is 0. The zero-order chi connectivity index (χ0) is 15.4.